The Balaban J connectivity index is 1.83. The lowest BCUT2D eigenvalue weighted by atomic mass is 9.93. The van der Waals surface area contributed by atoms with Crippen LogP contribution in [0.3, 0.4) is 0 Å². The standard InChI is InChI=1S/C15H17NOS2/c1-15(2,3)13-9-19-14(16-13)11-8-18-12-7-5-4-6-10(12)17-11/h4-7,9,11H,8H2,1-3H3. The average molecular weight is 291 g/mol. The summed E-state index contributed by atoms with van der Waals surface area (Å²) >= 11 is 3.56. The Morgan fingerprint density at radius 3 is 2.79 bits per heavy atom. The summed E-state index contributed by atoms with van der Waals surface area (Å²) < 4.78 is 6.07. The summed E-state index contributed by atoms with van der Waals surface area (Å²) in [6.07, 6.45) is 0.0843. The van der Waals surface area contributed by atoms with Gasteiger partial charge in [0, 0.05) is 21.4 Å². The van der Waals surface area contributed by atoms with Gasteiger partial charge in [-0.3, -0.25) is 0 Å². The third-order valence-electron chi connectivity index (χ3n) is 3.07. The molecule has 1 atom stereocenters. The minimum atomic E-state index is 0.0843. The van der Waals surface area contributed by atoms with Gasteiger partial charge < -0.3 is 4.74 Å². The van der Waals surface area contributed by atoms with E-state index in [9.17, 15) is 0 Å². The summed E-state index contributed by atoms with van der Waals surface area (Å²) in [6.45, 7) is 6.58. The van der Waals surface area contributed by atoms with E-state index in [1.807, 2.05) is 23.9 Å². The zero-order valence-electron chi connectivity index (χ0n) is 11.3. The van der Waals surface area contributed by atoms with Crippen LogP contribution in [0.4, 0.5) is 0 Å². The topological polar surface area (TPSA) is 22.1 Å². The number of fused-ring (bicyclic) bond motifs is 1. The average Bonchev–Trinajstić information content (AvgIpc) is 2.87. The Morgan fingerprint density at radius 1 is 1.26 bits per heavy atom. The molecule has 0 amide bonds. The van der Waals surface area contributed by atoms with Crippen molar-refractivity contribution in [1.82, 2.24) is 4.98 Å². The molecule has 0 saturated heterocycles. The molecule has 2 aromatic rings. The first kappa shape index (κ1) is 13.0. The minimum absolute atomic E-state index is 0.0843. The number of hydrogen-bond acceptors (Lipinski definition) is 4. The van der Waals surface area contributed by atoms with Gasteiger partial charge in [-0.15, -0.1) is 23.1 Å². The summed E-state index contributed by atoms with van der Waals surface area (Å²) in [5.41, 5.74) is 1.26. The van der Waals surface area contributed by atoms with E-state index < -0.39 is 0 Å². The molecule has 0 saturated carbocycles. The first-order chi connectivity index (χ1) is 9.04. The number of nitrogens with zero attached hydrogens (tertiary/aromatic N) is 1. The second kappa shape index (κ2) is 4.84. The zero-order chi connectivity index (χ0) is 13.5. The van der Waals surface area contributed by atoms with Gasteiger partial charge in [-0.1, -0.05) is 32.9 Å². The Morgan fingerprint density at radius 2 is 2.05 bits per heavy atom. The molecule has 1 aliphatic rings. The molecule has 2 nitrogen and oxygen atoms in total. The maximum absolute atomic E-state index is 6.07. The molecular weight excluding hydrogens is 274 g/mol. The van der Waals surface area contributed by atoms with Crippen molar-refractivity contribution < 1.29 is 4.74 Å². The Labute approximate surface area is 122 Å². The maximum Gasteiger partial charge on any atom is 0.159 e. The van der Waals surface area contributed by atoms with Gasteiger partial charge in [0.2, 0.25) is 0 Å². The summed E-state index contributed by atoms with van der Waals surface area (Å²) in [6, 6.07) is 8.21. The van der Waals surface area contributed by atoms with Gasteiger partial charge in [0.25, 0.3) is 0 Å². The van der Waals surface area contributed by atoms with E-state index in [0.29, 0.717) is 0 Å². The highest BCUT2D eigenvalue weighted by Crippen LogP contribution is 2.41. The van der Waals surface area contributed by atoms with Gasteiger partial charge in [0.15, 0.2) is 6.10 Å². The number of benzene rings is 1. The first-order valence-corrected chi connectivity index (χ1v) is 8.25. The molecule has 4 heteroatoms. The third-order valence-corrected chi connectivity index (χ3v) is 5.13. The number of aromatic nitrogens is 1. The monoisotopic (exact) mass is 291 g/mol. The Bertz CT molecular complexity index is 586. The van der Waals surface area contributed by atoms with E-state index in [1.165, 1.54) is 4.90 Å². The van der Waals surface area contributed by atoms with Crippen LogP contribution in [-0.4, -0.2) is 10.7 Å². The van der Waals surface area contributed by atoms with Gasteiger partial charge in [0.1, 0.15) is 10.8 Å². The SMILES string of the molecule is CC(C)(C)c1csc(C2CSc3ccccc3O2)n1. The second-order valence-electron chi connectivity index (χ2n) is 5.69. The zero-order valence-corrected chi connectivity index (χ0v) is 13.0. The summed E-state index contributed by atoms with van der Waals surface area (Å²) in [5, 5.41) is 3.25. The van der Waals surface area contributed by atoms with Crippen LogP contribution in [0.15, 0.2) is 34.5 Å². The van der Waals surface area contributed by atoms with E-state index >= 15 is 0 Å². The molecule has 0 N–H and O–H groups in total. The molecule has 0 bridgehead atoms. The fourth-order valence-electron chi connectivity index (χ4n) is 1.92. The normalized spacial score (nSPS) is 18.8. The molecule has 19 heavy (non-hydrogen) atoms. The molecule has 0 fully saturated rings. The molecule has 0 radical (unpaired) electrons. The third kappa shape index (κ3) is 2.65. The fraction of sp³-hybridized carbons (Fsp3) is 0.400. The molecule has 2 heterocycles. The van der Waals surface area contributed by atoms with Crippen LogP contribution in [0, 0.1) is 0 Å². The van der Waals surface area contributed by atoms with Crippen molar-refractivity contribution in [2.24, 2.45) is 0 Å². The van der Waals surface area contributed by atoms with E-state index in [2.05, 4.69) is 38.3 Å². The van der Waals surface area contributed by atoms with Crippen LogP contribution in [0.25, 0.3) is 0 Å². The molecule has 1 aliphatic heterocycles. The number of ether oxygens (including phenoxy) is 1. The number of thioether (sulfide) groups is 1. The smallest absolute Gasteiger partial charge is 0.159 e. The van der Waals surface area contributed by atoms with Crippen molar-refractivity contribution in [1.29, 1.82) is 0 Å². The predicted molar refractivity (Wildman–Crippen MR) is 81.3 cm³/mol. The van der Waals surface area contributed by atoms with E-state index in [4.69, 9.17) is 9.72 Å². The number of rotatable bonds is 1. The number of para-hydroxylation sites is 1. The summed E-state index contributed by atoms with van der Waals surface area (Å²) in [5.74, 6) is 1.92. The molecule has 100 valence electrons. The maximum atomic E-state index is 6.07. The van der Waals surface area contributed by atoms with Crippen molar-refractivity contribution in [2.45, 2.75) is 37.2 Å². The van der Waals surface area contributed by atoms with Crippen molar-refractivity contribution in [2.75, 3.05) is 5.75 Å². The molecule has 0 aliphatic carbocycles. The second-order valence-corrected chi connectivity index (χ2v) is 7.64. The molecule has 1 unspecified atom stereocenters. The van der Waals surface area contributed by atoms with E-state index in [1.54, 1.807) is 11.3 Å². The van der Waals surface area contributed by atoms with Gasteiger partial charge in [0.05, 0.1) is 5.69 Å². The highest BCUT2D eigenvalue weighted by atomic mass is 32.2. The lowest BCUT2D eigenvalue weighted by Crippen LogP contribution is -2.16. The Hall–Kier alpha value is -1.00. The molecule has 1 aromatic heterocycles. The van der Waals surface area contributed by atoms with Crippen molar-refractivity contribution in [3.63, 3.8) is 0 Å². The number of thiazole rings is 1. The van der Waals surface area contributed by atoms with E-state index in [0.717, 1.165) is 22.2 Å². The van der Waals surface area contributed by atoms with Crippen molar-refractivity contribution in [3.05, 3.63) is 40.3 Å². The molecule has 0 spiro atoms. The van der Waals surface area contributed by atoms with Crippen LogP contribution in [0.1, 0.15) is 37.6 Å². The first-order valence-electron chi connectivity index (χ1n) is 6.38. The lowest BCUT2D eigenvalue weighted by Gasteiger charge is -2.24. The van der Waals surface area contributed by atoms with Gasteiger partial charge in [-0.2, -0.15) is 0 Å². The van der Waals surface area contributed by atoms with Crippen molar-refractivity contribution in [3.8, 4) is 5.75 Å². The lowest BCUT2D eigenvalue weighted by molar-refractivity contribution is 0.219. The summed E-state index contributed by atoms with van der Waals surface area (Å²) in [4.78, 5) is 5.99. The Kier molecular flexibility index (Phi) is 3.31. The van der Waals surface area contributed by atoms with Crippen molar-refractivity contribution >= 4 is 23.1 Å². The quantitative estimate of drug-likeness (QED) is 0.762. The minimum Gasteiger partial charge on any atom is -0.481 e. The molecule has 1 aromatic carbocycles. The highest BCUT2D eigenvalue weighted by Gasteiger charge is 2.26. The van der Waals surface area contributed by atoms with Gasteiger partial charge in [-0.05, 0) is 12.1 Å². The highest BCUT2D eigenvalue weighted by molar-refractivity contribution is 7.99. The van der Waals surface area contributed by atoms with Gasteiger partial charge in [-0.25, -0.2) is 4.98 Å². The molecular formula is C15H17NOS2. The van der Waals surface area contributed by atoms with Crippen LogP contribution in [-0.2, 0) is 5.41 Å². The number of hydrogen-bond donors (Lipinski definition) is 0. The van der Waals surface area contributed by atoms with Crippen LogP contribution in [0.5, 0.6) is 5.75 Å². The largest absolute Gasteiger partial charge is 0.481 e. The van der Waals surface area contributed by atoms with E-state index in [-0.39, 0.29) is 11.5 Å². The predicted octanol–water partition coefficient (Wildman–Crippen LogP) is 4.67. The van der Waals surface area contributed by atoms with Crippen LogP contribution < -0.4 is 4.74 Å². The molecule has 3 rings (SSSR count). The van der Waals surface area contributed by atoms with Crippen LogP contribution in [0.2, 0.25) is 0 Å². The van der Waals surface area contributed by atoms with Gasteiger partial charge >= 0.3 is 0 Å². The summed E-state index contributed by atoms with van der Waals surface area (Å²) in [7, 11) is 0. The fourth-order valence-corrected chi connectivity index (χ4v) is 4.09. The van der Waals surface area contributed by atoms with Crippen LogP contribution >= 0.6 is 23.1 Å².